The fourth-order valence-corrected chi connectivity index (χ4v) is 6.93. The van der Waals surface area contributed by atoms with Crippen LogP contribution >= 0.6 is 0 Å². The van der Waals surface area contributed by atoms with Gasteiger partial charge in [0.25, 0.3) is 0 Å². The number of rotatable bonds is 7. The second-order valence-electron chi connectivity index (χ2n) is 8.03. The molecule has 0 bridgehead atoms. The summed E-state index contributed by atoms with van der Waals surface area (Å²) in [6.07, 6.45) is 0.554. The van der Waals surface area contributed by atoms with Crippen LogP contribution in [0.5, 0.6) is 0 Å². The summed E-state index contributed by atoms with van der Waals surface area (Å²) < 4.78 is 54.9. The first-order valence-electron chi connectivity index (χ1n) is 10.6. The van der Waals surface area contributed by atoms with E-state index in [4.69, 9.17) is 10.9 Å². The number of H-pyrrole nitrogens is 2. The zero-order valence-corrected chi connectivity index (χ0v) is 20.1. The predicted octanol–water partition coefficient (Wildman–Crippen LogP) is -0.811. The molecule has 1 saturated heterocycles. The minimum Gasteiger partial charge on any atom is -0.368 e. The topological polar surface area (TPSA) is 240 Å². The maximum Gasteiger partial charge on any atom is 0.242 e. The summed E-state index contributed by atoms with van der Waals surface area (Å²) in [5, 5.41) is 28.8. The minimum atomic E-state index is -4.60. The summed E-state index contributed by atoms with van der Waals surface area (Å²) in [6, 6.07) is 9.08. The molecule has 3 heterocycles. The van der Waals surface area contributed by atoms with Crippen LogP contribution in [0.4, 0.5) is 5.95 Å². The molecule has 17 heteroatoms. The molecule has 36 heavy (non-hydrogen) atoms. The second kappa shape index (κ2) is 9.03. The SMILES string of the molecule is Nc1nc(-c2cccc(-c3ccc(S(=O)(=O)N[C@@H]4CCNC4)c(S(N)(=O)=O)c3-c3nn[nH]n3)c2)n[nH]1. The van der Waals surface area contributed by atoms with Gasteiger partial charge in [-0.1, -0.05) is 24.3 Å². The highest BCUT2D eigenvalue weighted by atomic mass is 32.2. The zero-order chi connectivity index (χ0) is 25.5. The molecule has 4 aromatic rings. The number of sulfonamides is 2. The maximum atomic E-state index is 13.3. The third-order valence-electron chi connectivity index (χ3n) is 5.58. The normalized spacial score (nSPS) is 16.4. The van der Waals surface area contributed by atoms with Crippen LogP contribution < -0.4 is 20.9 Å². The standard InChI is InChI=1S/C19H21N11O4S2/c20-19-23-17(24-27-19)11-3-1-2-10(8-11)13-4-5-14(36(33,34)28-12-6-7-22-9-12)16(35(21,31)32)15(13)18-25-29-30-26-18/h1-5,8,12,22,28H,6-7,9H2,(H2,21,31,32)(H3,20,23,24,27)(H,25,26,29,30)/t12-/m1/s1. The fraction of sp³-hybridized carbons (Fsp3) is 0.211. The van der Waals surface area contributed by atoms with E-state index in [2.05, 4.69) is 45.8 Å². The van der Waals surface area contributed by atoms with Crippen molar-refractivity contribution >= 4 is 26.0 Å². The summed E-state index contributed by atoms with van der Waals surface area (Å²) in [5.41, 5.74) is 6.88. The van der Waals surface area contributed by atoms with Gasteiger partial charge in [-0.3, -0.25) is 0 Å². The van der Waals surface area contributed by atoms with Gasteiger partial charge in [0.05, 0.1) is 5.56 Å². The molecule has 1 aliphatic heterocycles. The lowest BCUT2D eigenvalue weighted by Gasteiger charge is -2.18. The number of nitrogens with zero attached hydrogens (tertiary/aromatic N) is 5. The molecule has 0 amide bonds. The smallest absolute Gasteiger partial charge is 0.242 e. The molecule has 1 atom stereocenters. The maximum absolute atomic E-state index is 13.3. The van der Waals surface area contributed by atoms with Crippen LogP contribution in [-0.4, -0.2) is 71.8 Å². The number of tetrazole rings is 1. The Kier molecular flexibility index (Phi) is 6.00. The zero-order valence-electron chi connectivity index (χ0n) is 18.5. The van der Waals surface area contributed by atoms with E-state index in [1.54, 1.807) is 24.3 Å². The Labute approximate surface area is 205 Å². The van der Waals surface area contributed by atoms with E-state index >= 15 is 0 Å². The highest BCUT2D eigenvalue weighted by molar-refractivity contribution is 7.92. The largest absolute Gasteiger partial charge is 0.368 e. The summed E-state index contributed by atoms with van der Waals surface area (Å²) in [5.74, 6) is 0.288. The molecule has 188 valence electrons. The van der Waals surface area contributed by atoms with Gasteiger partial charge in [0, 0.05) is 18.2 Å². The van der Waals surface area contributed by atoms with Crippen LogP contribution in [0.3, 0.4) is 0 Å². The van der Waals surface area contributed by atoms with Gasteiger partial charge in [0.2, 0.25) is 31.8 Å². The number of primary sulfonamides is 1. The van der Waals surface area contributed by atoms with Crippen molar-refractivity contribution in [2.75, 3.05) is 18.8 Å². The third-order valence-corrected chi connectivity index (χ3v) is 8.27. The Bertz CT molecular complexity index is 1630. The van der Waals surface area contributed by atoms with Crippen LogP contribution in [0.2, 0.25) is 0 Å². The van der Waals surface area contributed by atoms with Gasteiger partial charge in [0.15, 0.2) is 5.82 Å². The van der Waals surface area contributed by atoms with E-state index in [0.29, 0.717) is 42.0 Å². The van der Waals surface area contributed by atoms with Gasteiger partial charge < -0.3 is 11.1 Å². The summed E-state index contributed by atoms with van der Waals surface area (Å²) >= 11 is 0. The molecule has 5 rings (SSSR count). The molecule has 8 N–H and O–H groups in total. The van der Waals surface area contributed by atoms with E-state index in [0.717, 1.165) is 0 Å². The number of hydrogen-bond donors (Lipinski definition) is 6. The molecule has 15 nitrogen and oxygen atoms in total. The fourth-order valence-electron chi connectivity index (χ4n) is 4.06. The van der Waals surface area contributed by atoms with E-state index in [1.165, 1.54) is 12.1 Å². The number of anilines is 1. The van der Waals surface area contributed by atoms with Gasteiger partial charge in [-0.2, -0.15) is 15.3 Å². The van der Waals surface area contributed by atoms with Crippen molar-refractivity contribution in [1.82, 2.24) is 45.8 Å². The van der Waals surface area contributed by atoms with Gasteiger partial charge >= 0.3 is 0 Å². The molecular weight excluding hydrogens is 510 g/mol. The van der Waals surface area contributed by atoms with Crippen LogP contribution in [0.1, 0.15) is 6.42 Å². The summed E-state index contributed by atoms with van der Waals surface area (Å²) in [6.45, 7) is 1.05. The van der Waals surface area contributed by atoms with Crippen molar-refractivity contribution in [3.63, 3.8) is 0 Å². The van der Waals surface area contributed by atoms with Gasteiger partial charge in [-0.25, -0.2) is 31.8 Å². The second-order valence-corrected chi connectivity index (χ2v) is 11.2. The van der Waals surface area contributed by atoms with E-state index in [-0.39, 0.29) is 17.3 Å². The Morgan fingerprint density at radius 2 is 1.83 bits per heavy atom. The Morgan fingerprint density at radius 1 is 1.03 bits per heavy atom. The number of benzene rings is 2. The predicted molar refractivity (Wildman–Crippen MR) is 128 cm³/mol. The van der Waals surface area contributed by atoms with Crippen LogP contribution in [0.15, 0.2) is 46.2 Å². The Balaban J connectivity index is 1.74. The quantitative estimate of drug-likeness (QED) is 0.172. The Hall–Kier alpha value is -3.77. The first-order valence-corrected chi connectivity index (χ1v) is 13.6. The van der Waals surface area contributed by atoms with Crippen LogP contribution in [0.25, 0.3) is 33.9 Å². The number of nitrogens with two attached hydrogens (primary N) is 2. The molecule has 1 aliphatic rings. The molecule has 1 fully saturated rings. The number of nitrogen functional groups attached to an aromatic ring is 1. The molecule has 0 spiro atoms. The van der Waals surface area contributed by atoms with Crippen molar-refractivity contribution in [3.05, 3.63) is 36.4 Å². The van der Waals surface area contributed by atoms with Crippen molar-refractivity contribution < 1.29 is 16.8 Å². The summed E-state index contributed by atoms with van der Waals surface area (Å²) in [4.78, 5) is 2.94. The van der Waals surface area contributed by atoms with Gasteiger partial charge in [-0.15, -0.1) is 10.2 Å². The van der Waals surface area contributed by atoms with Crippen molar-refractivity contribution in [1.29, 1.82) is 0 Å². The highest BCUT2D eigenvalue weighted by Gasteiger charge is 2.33. The van der Waals surface area contributed by atoms with Gasteiger partial charge in [0.1, 0.15) is 9.79 Å². The Morgan fingerprint density at radius 3 is 2.47 bits per heavy atom. The average molecular weight is 532 g/mol. The minimum absolute atomic E-state index is 0.120. The molecule has 2 aromatic heterocycles. The van der Waals surface area contributed by atoms with Crippen molar-refractivity contribution in [2.45, 2.75) is 22.3 Å². The molecule has 0 unspecified atom stereocenters. The van der Waals surface area contributed by atoms with Crippen molar-refractivity contribution in [3.8, 4) is 33.9 Å². The van der Waals surface area contributed by atoms with Crippen molar-refractivity contribution in [2.24, 2.45) is 5.14 Å². The molecule has 2 aromatic carbocycles. The molecule has 0 saturated carbocycles. The van der Waals surface area contributed by atoms with Crippen LogP contribution in [0, 0.1) is 0 Å². The van der Waals surface area contributed by atoms with E-state index in [9.17, 15) is 16.8 Å². The molecular formula is C19H21N11O4S2. The highest BCUT2D eigenvalue weighted by Crippen LogP contribution is 2.39. The first-order chi connectivity index (χ1) is 17.1. The van der Waals surface area contributed by atoms with Crippen LogP contribution in [-0.2, 0) is 20.0 Å². The van der Waals surface area contributed by atoms with E-state index < -0.39 is 35.9 Å². The lowest BCUT2D eigenvalue weighted by molar-refractivity contribution is 0.555. The number of aromatic amines is 2. The number of nitrogens with one attached hydrogen (secondary N) is 4. The lowest BCUT2D eigenvalue weighted by Crippen LogP contribution is -2.37. The first kappa shape index (κ1) is 23.9. The number of aromatic nitrogens is 7. The third kappa shape index (κ3) is 4.56. The van der Waals surface area contributed by atoms with Gasteiger partial charge in [-0.05, 0) is 41.4 Å². The average Bonchev–Trinajstić information content (AvgIpc) is 3.61. The molecule has 0 radical (unpaired) electrons. The monoisotopic (exact) mass is 531 g/mol. The summed E-state index contributed by atoms with van der Waals surface area (Å²) in [7, 11) is -8.89. The number of hydrogen-bond acceptors (Lipinski definition) is 11. The lowest BCUT2D eigenvalue weighted by atomic mass is 9.97. The van der Waals surface area contributed by atoms with E-state index in [1.807, 2.05) is 0 Å². The molecule has 0 aliphatic carbocycles.